The predicted molar refractivity (Wildman–Crippen MR) is 48.4 cm³/mol. The van der Waals surface area contributed by atoms with Gasteiger partial charge in [-0.1, -0.05) is 0 Å². The molecular formula is C8H13N3O4. The van der Waals surface area contributed by atoms with Crippen LogP contribution in [0.2, 0.25) is 0 Å². The minimum Gasteiger partial charge on any atom is -0.387 e. The van der Waals surface area contributed by atoms with Gasteiger partial charge < -0.3 is 30.8 Å². The van der Waals surface area contributed by atoms with Gasteiger partial charge in [0.2, 0.25) is 0 Å². The third-order valence-electron chi connectivity index (χ3n) is 2.43. The number of rotatable bonds is 2. The van der Waals surface area contributed by atoms with Crippen molar-refractivity contribution in [1.82, 2.24) is 9.97 Å². The van der Waals surface area contributed by atoms with E-state index < -0.39 is 30.6 Å². The number of aliphatic hydroxyl groups is 3. The molecule has 1 unspecified atom stereocenters. The molecule has 1 fully saturated rings. The van der Waals surface area contributed by atoms with Crippen LogP contribution in [0, 0.1) is 0 Å². The third kappa shape index (κ3) is 1.75. The molecule has 2 heterocycles. The van der Waals surface area contributed by atoms with E-state index in [1.54, 1.807) is 6.20 Å². The Morgan fingerprint density at radius 1 is 1.47 bits per heavy atom. The third-order valence-corrected chi connectivity index (χ3v) is 2.43. The summed E-state index contributed by atoms with van der Waals surface area (Å²) in [5.41, 5.74) is 5.19. The van der Waals surface area contributed by atoms with Crippen molar-refractivity contribution in [3.8, 4) is 0 Å². The van der Waals surface area contributed by atoms with Gasteiger partial charge in [0.25, 0.3) is 0 Å². The molecule has 2 rings (SSSR count). The van der Waals surface area contributed by atoms with Crippen LogP contribution in [-0.4, -0.2) is 49.8 Å². The molecule has 7 nitrogen and oxygen atoms in total. The molecule has 15 heavy (non-hydrogen) atoms. The van der Waals surface area contributed by atoms with E-state index in [1.165, 1.54) is 6.20 Å². The summed E-state index contributed by atoms with van der Waals surface area (Å²) >= 11 is 0. The van der Waals surface area contributed by atoms with Crippen LogP contribution in [0.3, 0.4) is 0 Å². The average molecular weight is 215 g/mol. The van der Waals surface area contributed by atoms with Gasteiger partial charge in [0.1, 0.15) is 36.5 Å². The topological polar surface area (TPSA) is 125 Å². The number of imidazole rings is 1. The van der Waals surface area contributed by atoms with Crippen molar-refractivity contribution in [2.24, 2.45) is 5.73 Å². The van der Waals surface area contributed by atoms with E-state index in [4.69, 9.17) is 15.6 Å². The molecule has 1 aromatic heterocycles. The zero-order chi connectivity index (χ0) is 11.0. The van der Waals surface area contributed by atoms with Gasteiger partial charge in [0.15, 0.2) is 0 Å². The van der Waals surface area contributed by atoms with Crippen LogP contribution in [0.15, 0.2) is 12.4 Å². The summed E-state index contributed by atoms with van der Waals surface area (Å²) in [6, 6.07) is 0. The smallest absolute Gasteiger partial charge is 0.144 e. The van der Waals surface area contributed by atoms with Gasteiger partial charge in [0.05, 0.1) is 0 Å². The molecule has 0 bridgehead atoms. The van der Waals surface area contributed by atoms with Crippen molar-refractivity contribution in [2.45, 2.75) is 30.6 Å². The van der Waals surface area contributed by atoms with Crippen LogP contribution in [0.1, 0.15) is 11.9 Å². The number of H-pyrrole nitrogens is 1. The van der Waals surface area contributed by atoms with E-state index in [1.807, 2.05) is 0 Å². The quantitative estimate of drug-likeness (QED) is 0.358. The maximum atomic E-state index is 9.65. The van der Waals surface area contributed by atoms with Gasteiger partial charge in [-0.2, -0.15) is 0 Å². The largest absolute Gasteiger partial charge is 0.387 e. The Balaban J connectivity index is 2.17. The van der Waals surface area contributed by atoms with Crippen LogP contribution < -0.4 is 5.73 Å². The Morgan fingerprint density at radius 3 is 2.67 bits per heavy atom. The molecule has 6 N–H and O–H groups in total. The second-order valence-corrected chi connectivity index (χ2v) is 3.47. The molecule has 1 aliphatic rings. The molecule has 5 atom stereocenters. The summed E-state index contributed by atoms with van der Waals surface area (Å²) < 4.78 is 5.22. The number of ether oxygens (including phenoxy) is 1. The number of nitrogens with zero attached hydrogens (tertiary/aromatic N) is 1. The van der Waals surface area contributed by atoms with E-state index in [2.05, 4.69) is 9.97 Å². The molecule has 7 heteroatoms. The Kier molecular flexibility index (Phi) is 2.72. The lowest BCUT2D eigenvalue weighted by Crippen LogP contribution is -2.43. The summed E-state index contributed by atoms with van der Waals surface area (Å²) in [4.78, 5) is 6.66. The summed E-state index contributed by atoms with van der Waals surface area (Å²) in [5.74, 6) is 0.393. The first kappa shape index (κ1) is 10.5. The first-order valence-corrected chi connectivity index (χ1v) is 4.56. The fourth-order valence-corrected chi connectivity index (χ4v) is 1.65. The molecule has 0 aliphatic carbocycles. The van der Waals surface area contributed by atoms with Crippen molar-refractivity contribution in [1.29, 1.82) is 0 Å². The van der Waals surface area contributed by atoms with Gasteiger partial charge in [-0.15, -0.1) is 0 Å². The lowest BCUT2D eigenvalue weighted by Gasteiger charge is -2.16. The van der Waals surface area contributed by atoms with Crippen molar-refractivity contribution in [3.05, 3.63) is 18.2 Å². The van der Waals surface area contributed by atoms with Crippen molar-refractivity contribution >= 4 is 0 Å². The van der Waals surface area contributed by atoms with E-state index in [0.717, 1.165) is 0 Å². The number of hydrogen-bond acceptors (Lipinski definition) is 6. The van der Waals surface area contributed by atoms with Crippen LogP contribution in [0.25, 0.3) is 0 Å². The molecule has 0 spiro atoms. The van der Waals surface area contributed by atoms with Crippen LogP contribution in [0.5, 0.6) is 0 Å². The van der Waals surface area contributed by atoms with Crippen molar-refractivity contribution in [2.75, 3.05) is 0 Å². The minimum absolute atomic E-state index is 0.393. The summed E-state index contributed by atoms with van der Waals surface area (Å²) in [7, 11) is 0. The van der Waals surface area contributed by atoms with Crippen LogP contribution >= 0.6 is 0 Å². The molecule has 0 saturated carbocycles. The number of aliphatic hydroxyl groups excluding tert-OH is 3. The lowest BCUT2D eigenvalue weighted by molar-refractivity contribution is -0.0648. The molecule has 1 aromatic rings. The van der Waals surface area contributed by atoms with Crippen LogP contribution in [0.4, 0.5) is 0 Å². The molecular weight excluding hydrogens is 202 g/mol. The van der Waals surface area contributed by atoms with Gasteiger partial charge in [-0.3, -0.25) is 0 Å². The number of nitrogens with one attached hydrogen (secondary N) is 1. The number of aromatic amines is 1. The zero-order valence-corrected chi connectivity index (χ0v) is 7.82. The number of aromatic nitrogens is 2. The SMILES string of the molecule is NC(O)[C@H]1O[C@@H](c2ncc[nH]2)[C@H](O)[C@@H]1O. The Morgan fingerprint density at radius 2 is 2.20 bits per heavy atom. The fraction of sp³-hybridized carbons (Fsp3) is 0.625. The van der Waals surface area contributed by atoms with Gasteiger partial charge in [-0.05, 0) is 0 Å². The molecule has 0 aromatic carbocycles. The highest BCUT2D eigenvalue weighted by atomic mass is 16.6. The summed E-state index contributed by atoms with van der Waals surface area (Å²) in [6.45, 7) is 0. The minimum atomic E-state index is -1.34. The summed E-state index contributed by atoms with van der Waals surface area (Å²) in [5, 5.41) is 28.3. The standard InChI is InChI=1S/C8H13N3O4/c9-7(14)5-3(12)4(13)6(15-5)8-10-1-2-11-8/h1-7,12-14H,9H2,(H,10,11)/t3-,4+,5-,6+,7?/m0/s1. The molecule has 0 radical (unpaired) electrons. The Labute approximate surface area is 85.5 Å². The maximum Gasteiger partial charge on any atom is 0.144 e. The monoisotopic (exact) mass is 215 g/mol. The molecule has 84 valence electrons. The van der Waals surface area contributed by atoms with Gasteiger partial charge in [0, 0.05) is 12.4 Å². The van der Waals surface area contributed by atoms with Crippen molar-refractivity contribution < 1.29 is 20.1 Å². The lowest BCUT2D eigenvalue weighted by atomic mass is 10.1. The molecule has 1 aliphatic heterocycles. The number of nitrogens with two attached hydrogens (primary N) is 1. The molecule has 0 amide bonds. The first-order valence-electron chi connectivity index (χ1n) is 4.56. The second kappa shape index (κ2) is 3.87. The Bertz CT molecular complexity index is 316. The van der Waals surface area contributed by atoms with Crippen LogP contribution in [-0.2, 0) is 4.74 Å². The second-order valence-electron chi connectivity index (χ2n) is 3.47. The highest BCUT2D eigenvalue weighted by molar-refractivity contribution is 5.03. The van der Waals surface area contributed by atoms with Gasteiger partial charge in [-0.25, -0.2) is 4.98 Å². The Hall–Kier alpha value is -0.990. The highest BCUT2D eigenvalue weighted by Crippen LogP contribution is 2.32. The molecule has 1 saturated heterocycles. The zero-order valence-electron chi connectivity index (χ0n) is 7.82. The fourth-order valence-electron chi connectivity index (χ4n) is 1.65. The first-order chi connectivity index (χ1) is 7.11. The number of hydrogen-bond donors (Lipinski definition) is 5. The average Bonchev–Trinajstić information content (AvgIpc) is 2.77. The van der Waals surface area contributed by atoms with E-state index in [0.29, 0.717) is 5.82 Å². The maximum absolute atomic E-state index is 9.65. The van der Waals surface area contributed by atoms with E-state index in [-0.39, 0.29) is 0 Å². The summed E-state index contributed by atoms with van der Waals surface area (Å²) in [6.07, 6.45) is -2.43. The normalized spacial score (nSPS) is 38.1. The van der Waals surface area contributed by atoms with Gasteiger partial charge >= 0.3 is 0 Å². The van der Waals surface area contributed by atoms with E-state index >= 15 is 0 Å². The van der Waals surface area contributed by atoms with Crippen molar-refractivity contribution in [3.63, 3.8) is 0 Å². The van der Waals surface area contributed by atoms with E-state index in [9.17, 15) is 10.2 Å². The predicted octanol–water partition coefficient (Wildman–Crippen LogP) is -2.15. The highest BCUT2D eigenvalue weighted by Gasteiger charge is 2.46.